The second kappa shape index (κ2) is 9.55. The van der Waals surface area contributed by atoms with Gasteiger partial charge >= 0.3 is 6.18 Å². The van der Waals surface area contributed by atoms with Crippen LogP contribution in [0.25, 0.3) is 11.0 Å². The number of nitrogens with zero attached hydrogens (tertiary/aromatic N) is 3. The van der Waals surface area contributed by atoms with Crippen molar-refractivity contribution in [1.82, 2.24) is 14.5 Å². The quantitative estimate of drug-likeness (QED) is 0.529. The summed E-state index contributed by atoms with van der Waals surface area (Å²) in [6.07, 6.45) is -3.02. The molecule has 1 saturated heterocycles. The largest absolute Gasteiger partial charge is 0.449 e. The van der Waals surface area contributed by atoms with E-state index in [1.165, 1.54) is 10.1 Å². The summed E-state index contributed by atoms with van der Waals surface area (Å²) in [5.74, 6) is -0.380. The Bertz CT molecular complexity index is 1100. The molecule has 33 heavy (non-hydrogen) atoms. The highest BCUT2D eigenvalue weighted by Crippen LogP contribution is 2.33. The summed E-state index contributed by atoms with van der Waals surface area (Å²) in [5, 5.41) is 2.93. The molecular weight excluding hydrogens is 429 g/mol. The van der Waals surface area contributed by atoms with Crippen molar-refractivity contribution in [2.75, 3.05) is 25.0 Å². The van der Waals surface area contributed by atoms with Crippen LogP contribution in [0.2, 0.25) is 0 Å². The summed E-state index contributed by atoms with van der Waals surface area (Å²) in [6.45, 7) is 6.15. The van der Waals surface area contributed by atoms with E-state index in [0.29, 0.717) is 30.0 Å². The molecule has 3 aromatic rings. The molecule has 1 N–H and O–H groups in total. The topological polar surface area (TPSA) is 50.2 Å². The Morgan fingerprint density at radius 1 is 1.09 bits per heavy atom. The predicted octanol–water partition coefficient (Wildman–Crippen LogP) is 5.53. The molecular formula is C25H29F3N4O. The van der Waals surface area contributed by atoms with Crippen LogP contribution in [0.1, 0.15) is 44.0 Å². The zero-order valence-corrected chi connectivity index (χ0v) is 18.9. The number of carbonyl (C=O) groups excluding carboxylic acids is 1. The molecule has 1 fully saturated rings. The molecule has 1 aliphatic rings. The number of nitrogens with one attached hydrogen (secondary N) is 1. The number of anilines is 1. The number of amides is 1. The van der Waals surface area contributed by atoms with Gasteiger partial charge in [0.2, 0.25) is 11.7 Å². The number of carbonyl (C=O) groups is 1. The number of likely N-dealkylation sites (tertiary alicyclic amines) is 1. The molecule has 5 nitrogen and oxygen atoms in total. The summed E-state index contributed by atoms with van der Waals surface area (Å²) in [7, 11) is 0. The summed E-state index contributed by atoms with van der Waals surface area (Å²) in [5.41, 5.74) is 2.86. The maximum atomic E-state index is 13.6. The lowest BCUT2D eigenvalue weighted by atomic mass is 9.96. The number of aromatic nitrogens is 2. The number of hydrogen-bond donors (Lipinski definition) is 1. The smallest absolute Gasteiger partial charge is 0.325 e. The molecule has 0 unspecified atom stereocenters. The molecule has 2 heterocycles. The lowest BCUT2D eigenvalue weighted by Crippen LogP contribution is -2.40. The number of benzene rings is 2. The van der Waals surface area contributed by atoms with Crippen molar-refractivity contribution < 1.29 is 18.0 Å². The lowest BCUT2D eigenvalue weighted by molar-refractivity contribution is -0.147. The van der Waals surface area contributed by atoms with Gasteiger partial charge in [-0.2, -0.15) is 13.2 Å². The van der Waals surface area contributed by atoms with E-state index in [0.717, 1.165) is 18.5 Å². The second-order valence-electron chi connectivity index (χ2n) is 9.08. The van der Waals surface area contributed by atoms with Crippen LogP contribution in [0.4, 0.5) is 18.9 Å². The molecule has 0 bridgehead atoms. The SMILES string of the molecule is CC(C)c1ccc(NC(=O)CN2CCC(Cn3c(C(F)(F)F)nc4ccccc43)CC2)cc1. The standard InChI is InChI=1S/C25H29F3N4O/c1-17(2)19-7-9-20(10-8-19)29-23(33)16-31-13-11-18(12-14-31)15-32-22-6-4-3-5-21(22)30-24(32)25(26,27)28/h3-10,17-18H,11-16H2,1-2H3,(H,29,33). The molecule has 0 aliphatic carbocycles. The Morgan fingerprint density at radius 3 is 2.39 bits per heavy atom. The molecule has 2 aromatic carbocycles. The Morgan fingerprint density at radius 2 is 1.76 bits per heavy atom. The van der Waals surface area contributed by atoms with E-state index in [2.05, 4.69) is 29.0 Å². The van der Waals surface area contributed by atoms with E-state index in [9.17, 15) is 18.0 Å². The van der Waals surface area contributed by atoms with Crippen LogP contribution in [0.15, 0.2) is 48.5 Å². The van der Waals surface area contributed by atoms with Gasteiger partial charge in [-0.3, -0.25) is 9.69 Å². The fourth-order valence-corrected chi connectivity index (χ4v) is 4.42. The zero-order valence-electron chi connectivity index (χ0n) is 18.9. The number of alkyl halides is 3. The molecule has 176 valence electrons. The number of halogens is 3. The molecule has 0 saturated carbocycles. The number of piperidine rings is 1. The minimum Gasteiger partial charge on any atom is -0.325 e. The van der Waals surface area contributed by atoms with E-state index in [1.54, 1.807) is 24.3 Å². The first kappa shape index (κ1) is 23.3. The van der Waals surface area contributed by atoms with Gasteiger partial charge in [0.05, 0.1) is 17.6 Å². The minimum absolute atomic E-state index is 0.0780. The van der Waals surface area contributed by atoms with Crippen molar-refractivity contribution in [3.63, 3.8) is 0 Å². The van der Waals surface area contributed by atoms with Crippen LogP contribution in [-0.4, -0.2) is 40.0 Å². The predicted molar refractivity (Wildman–Crippen MR) is 123 cm³/mol. The lowest BCUT2D eigenvalue weighted by Gasteiger charge is -2.32. The highest BCUT2D eigenvalue weighted by Gasteiger charge is 2.38. The first-order valence-corrected chi connectivity index (χ1v) is 11.4. The average Bonchev–Trinajstić information content (AvgIpc) is 3.14. The van der Waals surface area contributed by atoms with Gasteiger partial charge in [-0.1, -0.05) is 38.1 Å². The van der Waals surface area contributed by atoms with Crippen molar-refractivity contribution in [3.05, 3.63) is 59.9 Å². The van der Waals surface area contributed by atoms with E-state index in [1.807, 2.05) is 24.3 Å². The van der Waals surface area contributed by atoms with Crippen LogP contribution < -0.4 is 5.32 Å². The number of fused-ring (bicyclic) bond motifs is 1. The zero-order chi connectivity index (χ0) is 23.6. The van der Waals surface area contributed by atoms with E-state index in [-0.39, 0.29) is 24.9 Å². The summed E-state index contributed by atoms with van der Waals surface area (Å²) in [4.78, 5) is 18.3. The highest BCUT2D eigenvalue weighted by molar-refractivity contribution is 5.92. The number of hydrogen-bond acceptors (Lipinski definition) is 3. The summed E-state index contributed by atoms with van der Waals surface area (Å²) in [6, 6.07) is 14.6. The number of para-hydroxylation sites is 2. The average molecular weight is 459 g/mol. The van der Waals surface area contributed by atoms with Crippen molar-refractivity contribution in [3.8, 4) is 0 Å². The Hall–Kier alpha value is -2.87. The van der Waals surface area contributed by atoms with Crippen molar-refractivity contribution in [1.29, 1.82) is 0 Å². The van der Waals surface area contributed by atoms with Crippen molar-refractivity contribution >= 4 is 22.6 Å². The van der Waals surface area contributed by atoms with E-state index in [4.69, 9.17) is 0 Å². The van der Waals surface area contributed by atoms with Crippen LogP contribution in [-0.2, 0) is 17.5 Å². The summed E-state index contributed by atoms with van der Waals surface area (Å²) < 4.78 is 42.0. The molecule has 0 atom stereocenters. The third kappa shape index (κ3) is 5.55. The van der Waals surface area contributed by atoms with Gasteiger partial charge in [-0.25, -0.2) is 4.98 Å². The summed E-state index contributed by atoms with van der Waals surface area (Å²) >= 11 is 0. The maximum absolute atomic E-state index is 13.6. The Balaban J connectivity index is 1.33. The maximum Gasteiger partial charge on any atom is 0.449 e. The Labute approximate surface area is 191 Å². The van der Waals surface area contributed by atoms with Gasteiger partial charge in [0.15, 0.2) is 0 Å². The fraction of sp³-hybridized carbons (Fsp3) is 0.440. The highest BCUT2D eigenvalue weighted by atomic mass is 19.4. The van der Waals surface area contributed by atoms with Crippen LogP contribution in [0.3, 0.4) is 0 Å². The monoisotopic (exact) mass is 458 g/mol. The van der Waals surface area contributed by atoms with Gasteiger partial charge in [0.1, 0.15) is 0 Å². The first-order valence-electron chi connectivity index (χ1n) is 11.4. The van der Waals surface area contributed by atoms with Gasteiger partial charge in [-0.05, 0) is 67.6 Å². The van der Waals surface area contributed by atoms with Crippen molar-refractivity contribution in [2.45, 2.75) is 45.3 Å². The third-order valence-electron chi connectivity index (χ3n) is 6.28. The van der Waals surface area contributed by atoms with Crippen LogP contribution in [0, 0.1) is 5.92 Å². The molecule has 0 radical (unpaired) electrons. The first-order chi connectivity index (χ1) is 15.7. The minimum atomic E-state index is -4.49. The van der Waals surface area contributed by atoms with Crippen molar-refractivity contribution in [2.24, 2.45) is 5.92 Å². The normalized spacial score (nSPS) is 15.9. The Kier molecular flexibility index (Phi) is 6.74. The third-order valence-corrected chi connectivity index (χ3v) is 6.28. The second-order valence-corrected chi connectivity index (χ2v) is 9.08. The fourth-order valence-electron chi connectivity index (χ4n) is 4.42. The van der Waals surface area contributed by atoms with E-state index >= 15 is 0 Å². The molecule has 1 aliphatic heterocycles. The van der Waals surface area contributed by atoms with Gasteiger partial charge < -0.3 is 9.88 Å². The molecule has 8 heteroatoms. The number of imidazole rings is 1. The molecule has 1 amide bonds. The molecule has 4 rings (SSSR count). The number of rotatable bonds is 6. The van der Waals surface area contributed by atoms with Gasteiger partial charge in [0.25, 0.3) is 0 Å². The molecule has 1 aromatic heterocycles. The van der Waals surface area contributed by atoms with Crippen LogP contribution >= 0.6 is 0 Å². The molecule has 0 spiro atoms. The van der Waals surface area contributed by atoms with E-state index < -0.39 is 12.0 Å². The van der Waals surface area contributed by atoms with Crippen LogP contribution in [0.5, 0.6) is 0 Å². The van der Waals surface area contributed by atoms with Gasteiger partial charge in [-0.15, -0.1) is 0 Å². The van der Waals surface area contributed by atoms with Gasteiger partial charge in [0, 0.05) is 12.2 Å².